The molecule has 1 heterocycles. The lowest BCUT2D eigenvalue weighted by molar-refractivity contribution is -0.139. The molecule has 0 atom stereocenters. The molecule has 0 aliphatic carbocycles. The average molecular weight is 304 g/mol. The molecule has 6 heteroatoms. The Bertz CT molecular complexity index is 917. The Morgan fingerprint density at radius 3 is 2.76 bits per heavy atom. The van der Waals surface area contributed by atoms with E-state index in [2.05, 4.69) is 0 Å². The maximum Gasteiger partial charge on any atom is 0.341 e. The highest BCUT2D eigenvalue weighted by molar-refractivity contribution is 7.24. The first kappa shape index (κ1) is 13.5. The molecular formula is C15H9FO4S. The van der Waals surface area contributed by atoms with Gasteiger partial charge in [-0.3, -0.25) is 4.79 Å². The lowest BCUT2D eigenvalue weighted by atomic mass is 10.1. The van der Waals surface area contributed by atoms with Crippen LogP contribution in [0.3, 0.4) is 0 Å². The molecule has 1 aromatic heterocycles. The van der Waals surface area contributed by atoms with E-state index in [0.29, 0.717) is 14.8 Å². The van der Waals surface area contributed by atoms with E-state index >= 15 is 0 Å². The van der Waals surface area contributed by atoms with Gasteiger partial charge in [0.15, 0.2) is 12.0 Å². The van der Waals surface area contributed by atoms with Crippen LogP contribution in [-0.2, 0) is 4.79 Å². The van der Waals surface area contributed by atoms with Gasteiger partial charge in [0.25, 0.3) is 0 Å². The highest BCUT2D eigenvalue weighted by atomic mass is 32.1. The number of fused-ring (bicyclic) bond motifs is 2. The van der Waals surface area contributed by atoms with E-state index in [1.807, 2.05) is 0 Å². The summed E-state index contributed by atoms with van der Waals surface area (Å²) in [7, 11) is 0. The number of aliphatic carboxylic acids is 1. The van der Waals surface area contributed by atoms with Crippen molar-refractivity contribution in [2.75, 3.05) is 6.61 Å². The summed E-state index contributed by atoms with van der Waals surface area (Å²) >= 11 is 1.20. The number of rotatable bonds is 3. The molecule has 0 unspecified atom stereocenters. The van der Waals surface area contributed by atoms with Crippen molar-refractivity contribution in [2.24, 2.45) is 0 Å². The average Bonchev–Trinajstić information content (AvgIpc) is 2.46. The van der Waals surface area contributed by atoms with E-state index in [1.54, 1.807) is 24.3 Å². The van der Waals surface area contributed by atoms with E-state index < -0.39 is 23.8 Å². The van der Waals surface area contributed by atoms with Crippen molar-refractivity contribution in [3.8, 4) is 5.75 Å². The normalized spacial score (nSPS) is 10.9. The number of benzene rings is 2. The van der Waals surface area contributed by atoms with Crippen molar-refractivity contribution < 1.29 is 19.0 Å². The molecule has 0 fully saturated rings. The van der Waals surface area contributed by atoms with E-state index in [4.69, 9.17) is 9.84 Å². The molecule has 0 saturated carbocycles. The number of carboxylic acid groups (broad SMARTS) is 1. The smallest absolute Gasteiger partial charge is 0.341 e. The Morgan fingerprint density at radius 1 is 1.24 bits per heavy atom. The fraction of sp³-hybridized carbons (Fsp3) is 0.0667. The van der Waals surface area contributed by atoms with Crippen LogP contribution >= 0.6 is 11.3 Å². The Hall–Kier alpha value is -2.47. The number of ether oxygens (including phenoxy) is 1. The molecule has 3 aromatic rings. The summed E-state index contributed by atoms with van der Waals surface area (Å²) < 4.78 is 20.1. The van der Waals surface area contributed by atoms with Gasteiger partial charge >= 0.3 is 5.97 Å². The van der Waals surface area contributed by atoms with Crippen LogP contribution in [0.1, 0.15) is 0 Å². The van der Waals surface area contributed by atoms with E-state index in [1.165, 1.54) is 17.4 Å². The fourth-order valence-electron chi connectivity index (χ4n) is 2.09. The minimum absolute atomic E-state index is 0.0680. The Kier molecular flexibility index (Phi) is 3.31. The Morgan fingerprint density at radius 2 is 2.00 bits per heavy atom. The second-order valence-electron chi connectivity index (χ2n) is 4.36. The predicted molar refractivity (Wildman–Crippen MR) is 78.7 cm³/mol. The van der Waals surface area contributed by atoms with Crippen LogP contribution in [0.2, 0.25) is 0 Å². The van der Waals surface area contributed by atoms with Crippen molar-refractivity contribution in [1.29, 1.82) is 0 Å². The molecule has 2 aromatic carbocycles. The van der Waals surface area contributed by atoms with Gasteiger partial charge in [-0.1, -0.05) is 12.1 Å². The standard InChI is InChI=1S/C15H9FO4S/c16-9-5-6-10(20-7-12(17)18)15-13(9)14(19)8-3-1-2-4-11(8)21-15/h1-6H,7H2,(H,17,18). The van der Waals surface area contributed by atoms with Crippen LogP contribution in [-0.4, -0.2) is 17.7 Å². The summed E-state index contributed by atoms with van der Waals surface area (Å²) in [5.41, 5.74) is -0.419. The zero-order chi connectivity index (χ0) is 15.0. The fourth-order valence-corrected chi connectivity index (χ4v) is 3.25. The van der Waals surface area contributed by atoms with Crippen molar-refractivity contribution in [3.63, 3.8) is 0 Å². The monoisotopic (exact) mass is 304 g/mol. The van der Waals surface area contributed by atoms with Gasteiger partial charge in [0.1, 0.15) is 11.6 Å². The molecule has 0 bridgehead atoms. The molecule has 1 N–H and O–H groups in total. The molecule has 0 amide bonds. The van der Waals surface area contributed by atoms with E-state index in [9.17, 15) is 14.0 Å². The van der Waals surface area contributed by atoms with Gasteiger partial charge in [0, 0.05) is 10.1 Å². The topological polar surface area (TPSA) is 63.6 Å². The molecule has 0 spiro atoms. The molecular weight excluding hydrogens is 295 g/mol. The molecule has 106 valence electrons. The molecule has 0 aliphatic rings. The zero-order valence-electron chi connectivity index (χ0n) is 10.6. The highest BCUT2D eigenvalue weighted by Gasteiger charge is 2.14. The first-order valence-corrected chi connectivity index (χ1v) is 6.88. The summed E-state index contributed by atoms with van der Waals surface area (Å²) in [6.45, 7) is -0.547. The van der Waals surface area contributed by atoms with Crippen molar-refractivity contribution >= 4 is 37.5 Å². The number of halogens is 1. The summed E-state index contributed by atoms with van der Waals surface area (Å²) in [5, 5.41) is 9.04. The second kappa shape index (κ2) is 5.14. The van der Waals surface area contributed by atoms with E-state index in [-0.39, 0.29) is 11.1 Å². The molecule has 0 saturated heterocycles. The van der Waals surface area contributed by atoms with Crippen LogP contribution < -0.4 is 10.2 Å². The molecule has 21 heavy (non-hydrogen) atoms. The van der Waals surface area contributed by atoms with Gasteiger partial charge < -0.3 is 9.84 Å². The van der Waals surface area contributed by atoms with Gasteiger partial charge in [0.2, 0.25) is 0 Å². The minimum atomic E-state index is -1.14. The predicted octanol–water partition coefficient (Wildman–Crippen LogP) is 3.02. The van der Waals surface area contributed by atoms with Crippen molar-refractivity contribution in [1.82, 2.24) is 0 Å². The summed E-state index contributed by atoms with van der Waals surface area (Å²) in [4.78, 5) is 23.0. The molecule has 0 aliphatic heterocycles. The SMILES string of the molecule is O=C(O)COc1ccc(F)c2c(=O)c3ccccc3sc12. The van der Waals surface area contributed by atoms with Gasteiger partial charge in [-0.05, 0) is 24.3 Å². The maximum atomic E-state index is 14.0. The number of hydrogen-bond acceptors (Lipinski definition) is 4. The van der Waals surface area contributed by atoms with Crippen LogP contribution in [0.4, 0.5) is 4.39 Å². The van der Waals surface area contributed by atoms with E-state index in [0.717, 1.165) is 6.07 Å². The summed E-state index contributed by atoms with van der Waals surface area (Å²) in [6, 6.07) is 9.34. The third kappa shape index (κ3) is 2.34. The summed E-state index contributed by atoms with van der Waals surface area (Å²) in [6.07, 6.45) is 0. The van der Waals surface area contributed by atoms with Crippen LogP contribution in [0.15, 0.2) is 41.2 Å². The Balaban J connectivity index is 2.34. The number of carboxylic acids is 1. The van der Waals surface area contributed by atoms with Gasteiger partial charge in [-0.2, -0.15) is 0 Å². The quantitative estimate of drug-likeness (QED) is 0.755. The van der Waals surface area contributed by atoms with Crippen LogP contribution in [0, 0.1) is 5.82 Å². The molecule has 0 radical (unpaired) electrons. The maximum absolute atomic E-state index is 14.0. The third-order valence-electron chi connectivity index (χ3n) is 2.99. The van der Waals surface area contributed by atoms with Gasteiger partial charge in [-0.15, -0.1) is 11.3 Å². The minimum Gasteiger partial charge on any atom is -0.480 e. The van der Waals surface area contributed by atoms with Crippen LogP contribution in [0.5, 0.6) is 5.75 Å². The first-order valence-electron chi connectivity index (χ1n) is 6.06. The number of hydrogen-bond donors (Lipinski definition) is 1. The zero-order valence-corrected chi connectivity index (χ0v) is 11.4. The largest absolute Gasteiger partial charge is 0.480 e. The van der Waals surface area contributed by atoms with Crippen molar-refractivity contribution in [3.05, 3.63) is 52.4 Å². The molecule has 3 rings (SSSR count). The first-order chi connectivity index (χ1) is 10.1. The lowest BCUT2D eigenvalue weighted by Crippen LogP contribution is -2.10. The second-order valence-corrected chi connectivity index (χ2v) is 5.41. The lowest BCUT2D eigenvalue weighted by Gasteiger charge is -2.08. The van der Waals surface area contributed by atoms with Gasteiger partial charge in [0.05, 0.1) is 10.1 Å². The van der Waals surface area contributed by atoms with Gasteiger partial charge in [-0.25, -0.2) is 9.18 Å². The summed E-state index contributed by atoms with van der Waals surface area (Å²) in [5.74, 6) is -1.58. The number of carbonyl (C=O) groups is 1. The highest BCUT2D eigenvalue weighted by Crippen LogP contribution is 2.33. The third-order valence-corrected chi connectivity index (χ3v) is 4.18. The molecule has 4 nitrogen and oxygen atoms in total. The Labute approximate surface area is 122 Å². The van der Waals surface area contributed by atoms with Crippen molar-refractivity contribution in [2.45, 2.75) is 0 Å². The van der Waals surface area contributed by atoms with Crippen LogP contribution in [0.25, 0.3) is 20.2 Å².